The van der Waals surface area contributed by atoms with Crippen LogP contribution in [0.15, 0.2) is 18.2 Å². The van der Waals surface area contributed by atoms with Crippen molar-refractivity contribution in [3.05, 3.63) is 34.6 Å². The van der Waals surface area contributed by atoms with Crippen LogP contribution in [-0.2, 0) is 6.42 Å². The Balaban J connectivity index is 2.34. The summed E-state index contributed by atoms with van der Waals surface area (Å²) in [5, 5.41) is 12.7. The van der Waals surface area contributed by atoms with Crippen molar-refractivity contribution in [3.8, 4) is 0 Å². The molecule has 0 aliphatic rings. The first kappa shape index (κ1) is 13.4. The molecule has 0 fully saturated rings. The second-order valence-corrected chi connectivity index (χ2v) is 4.02. The number of hydrogen-bond acceptors (Lipinski definition) is 3. The summed E-state index contributed by atoms with van der Waals surface area (Å²) in [5.41, 5.74) is 5.81. The number of nitrogens with two attached hydrogens (primary N) is 1. The third-order valence-corrected chi connectivity index (χ3v) is 2.47. The van der Waals surface area contributed by atoms with Crippen LogP contribution in [0.3, 0.4) is 0 Å². The van der Waals surface area contributed by atoms with Crippen molar-refractivity contribution >= 4 is 11.6 Å². The number of aliphatic hydroxyl groups excluding tert-OH is 1. The van der Waals surface area contributed by atoms with Gasteiger partial charge in [-0.25, -0.2) is 4.39 Å². The number of halogens is 2. The lowest BCUT2D eigenvalue weighted by Crippen LogP contribution is -2.33. The summed E-state index contributed by atoms with van der Waals surface area (Å²) >= 11 is 5.76. The lowest BCUT2D eigenvalue weighted by atomic mass is 10.1. The molecule has 0 aliphatic carbocycles. The number of rotatable bonds is 6. The Kier molecular flexibility index (Phi) is 5.69. The Labute approximate surface area is 99.4 Å². The fraction of sp³-hybridized carbons (Fsp3) is 0.455. The topological polar surface area (TPSA) is 58.3 Å². The highest BCUT2D eigenvalue weighted by Crippen LogP contribution is 2.14. The molecule has 1 aromatic rings. The van der Waals surface area contributed by atoms with Gasteiger partial charge in [0.1, 0.15) is 5.82 Å². The van der Waals surface area contributed by atoms with E-state index in [1.54, 1.807) is 6.07 Å². The first-order valence-electron chi connectivity index (χ1n) is 5.16. The van der Waals surface area contributed by atoms with Crippen LogP contribution >= 0.6 is 11.6 Å². The van der Waals surface area contributed by atoms with Gasteiger partial charge in [-0.05, 0) is 36.7 Å². The predicted molar refractivity (Wildman–Crippen MR) is 63.0 cm³/mol. The van der Waals surface area contributed by atoms with Crippen LogP contribution in [0.5, 0.6) is 0 Å². The lowest BCUT2D eigenvalue weighted by molar-refractivity contribution is 0.180. The minimum Gasteiger partial charge on any atom is -0.390 e. The molecule has 16 heavy (non-hydrogen) atoms. The maximum absolute atomic E-state index is 13.3. The van der Waals surface area contributed by atoms with Crippen LogP contribution in [0, 0.1) is 5.82 Å². The van der Waals surface area contributed by atoms with Crippen LogP contribution in [0.1, 0.15) is 5.56 Å². The number of nitrogens with one attached hydrogen (secondary N) is 1. The van der Waals surface area contributed by atoms with Crippen molar-refractivity contribution in [2.45, 2.75) is 12.5 Å². The van der Waals surface area contributed by atoms with Crippen LogP contribution in [0.25, 0.3) is 0 Å². The molecule has 90 valence electrons. The molecule has 3 nitrogen and oxygen atoms in total. The molecule has 0 saturated carbocycles. The predicted octanol–water partition coefficient (Wildman–Crippen LogP) is 0.931. The van der Waals surface area contributed by atoms with E-state index >= 15 is 0 Å². The molecule has 4 N–H and O–H groups in total. The molecule has 0 amide bonds. The van der Waals surface area contributed by atoms with Crippen LogP contribution in [-0.4, -0.2) is 30.8 Å². The second kappa shape index (κ2) is 6.81. The van der Waals surface area contributed by atoms with Gasteiger partial charge in [-0.3, -0.25) is 0 Å². The van der Waals surface area contributed by atoms with Crippen molar-refractivity contribution in [1.82, 2.24) is 5.32 Å². The molecule has 0 heterocycles. The Morgan fingerprint density at radius 3 is 2.94 bits per heavy atom. The van der Waals surface area contributed by atoms with Gasteiger partial charge in [-0.2, -0.15) is 0 Å². The van der Waals surface area contributed by atoms with Crippen molar-refractivity contribution in [3.63, 3.8) is 0 Å². The molecular formula is C11H16ClFN2O. The lowest BCUT2D eigenvalue weighted by Gasteiger charge is -2.09. The van der Waals surface area contributed by atoms with E-state index < -0.39 is 6.10 Å². The molecule has 0 aliphatic heterocycles. The number of hydrogen-bond donors (Lipinski definition) is 3. The average molecular weight is 247 g/mol. The molecule has 1 rings (SSSR count). The van der Waals surface area contributed by atoms with Gasteiger partial charge >= 0.3 is 0 Å². The third kappa shape index (κ3) is 4.45. The molecule has 1 aromatic carbocycles. The van der Waals surface area contributed by atoms with Gasteiger partial charge in [0.25, 0.3) is 0 Å². The van der Waals surface area contributed by atoms with Gasteiger partial charge in [0.15, 0.2) is 0 Å². The zero-order valence-corrected chi connectivity index (χ0v) is 9.67. The number of aliphatic hydroxyl groups is 1. The smallest absolute Gasteiger partial charge is 0.126 e. The molecule has 0 spiro atoms. The maximum atomic E-state index is 13.3. The molecule has 0 aromatic heterocycles. The fourth-order valence-corrected chi connectivity index (χ4v) is 1.50. The molecule has 1 atom stereocenters. The molecule has 5 heteroatoms. The standard InChI is InChI=1S/C11H16ClFN2O/c12-9-1-2-11(13)8(5-9)3-4-15-7-10(16)6-14/h1-2,5,10,15-16H,3-4,6-7,14H2. The highest BCUT2D eigenvalue weighted by Gasteiger charge is 2.03. The molecule has 0 radical (unpaired) electrons. The summed E-state index contributed by atoms with van der Waals surface area (Å²) in [6.07, 6.45) is -0.0202. The van der Waals surface area contributed by atoms with Crippen LogP contribution < -0.4 is 11.1 Å². The summed E-state index contributed by atoms with van der Waals surface area (Å²) in [4.78, 5) is 0. The minimum absolute atomic E-state index is 0.221. The highest BCUT2D eigenvalue weighted by atomic mass is 35.5. The van der Waals surface area contributed by atoms with E-state index in [9.17, 15) is 9.50 Å². The molecule has 0 bridgehead atoms. The van der Waals surface area contributed by atoms with Crippen molar-refractivity contribution in [2.75, 3.05) is 19.6 Å². The van der Waals surface area contributed by atoms with E-state index in [-0.39, 0.29) is 12.4 Å². The van der Waals surface area contributed by atoms with Crippen LogP contribution in [0.4, 0.5) is 4.39 Å². The van der Waals surface area contributed by atoms with E-state index in [1.807, 2.05) is 0 Å². The maximum Gasteiger partial charge on any atom is 0.126 e. The minimum atomic E-state index is -0.552. The van der Waals surface area contributed by atoms with Gasteiger partial charge < -0.3 is 16.2 Å². The molecule has 0 saturated heterocycles. The van der Waals surface area contributed by atoms with Crippen molar-refractivity contribution < 1.29 is 9.50 Å². The van der Waals surface area contributed by atoms with Gasteiger partial charge in [0.05, 0.1) is 6.10 Å². The van der Waals surface area contributed by atoms with E-state index in [4.69, 9.17) is 17.3 Å². The van der Waals surface area contributed by atoms with Crippen LogP contribution in [0.2, 0.25) is 5.02 Å². The number of benzene rings is 1. The summed E-state index contributed by atoms with van der Waals surface area (Å²) < 4.78 is 13.3. The zero-order chi connectivity index (χ0) is 12.0. The molecule has 1 unspecified atom stereocenters. The summed E-state index contributed by atoms with van der Waals surface area (Å²) in [7, 11) is 0. The Morgan fingerprint density at radius 2 is 2.25 bits per heavy atom. The second-order valence-electron chi connectivity index (χ2n) is 3.58. The van der Waals surface area contributed by atoms with Gasteiger partial charge in [-0.1, -0.05) is 11.6 Å². The van der Waals surface area contributed by atoms with E-state index in [0.717, 1.165) is 0 Å². The van der Waals surface area contributed by atoms with Crippen molar-refractivity contribution in [2.24, 2.45) is 5.73 Å². The van der Waals surface area contributed by atoms with Gasteiger partial charge in [0, 0.05) is 18.1 Å². The zero-order valence-electron chi connectivity index (χ0n) is 8.92. The first-order valence-corrected chi connectivity index (χ1v) is 5.54. The quantitative estimate of drug-likeness (QED) is 0.655. The average Bonchev–Trinajstić information content (AvgIpc) is 2.28. The third-order valence-electron chi connectivity index (χ3n) is 2.23. The largest absolute Gasteiger partial charge is 0.390 e. The Hall–Kier alpha value is -0.680. The van der Waals surface area contributed by atoms with E-state index in [0.29, 0.717) is 30.1 Å². The van der Waals surface area contributed by atoms with E-state index in [2.05, 4.69) is 5.32 Å². The van der Waals surface area contributed by atoms with Crippen molar-refractivity contribution in [1.29, 1.82) is 0 Å². The Bertz CT molecular complexity index is 336. The summed E-state index contributed by atoms with van der Waals surface area (Å²) in [6, 6.07) is 4.48. The Morgan fingerprint density at radius 1 is 1.50 bits per heavy atom. The summed E-state index contributed by atoms with van der Waals surface area (Å²) in [5.74, 6) is -0.259. The van der Waals surface area contributed by atoms with Gasteiger partial charge in [-0.15, -0.1) is 0 Å². The fourth-order valence-electron chi connectivity index (χ4n) is 1.31. The monoisotopic (exact) mass is 246 g/mol. The normalized spacial score (nSPS) is 12.8. The molecular weight excluding hydrogens is 231 g/mol. The SMILES string of the molecule is NCC(O)CNCCc1cc(Cl)ccc1F. The first-order chi connectivity index (χ1) is 7.63. The van der Waals surface area contributed by atoms with Gasteiger partial charge in [0.2, 0.25) is 0 Å². The van der Waals surface area contributed by atoms with E-state index in [1.165, 1.54) is 12.1 Å². The highest BCUT2D eigenvalue weighted by molar-refractivity contribution is 6.30. The summed E-state index contributed by atoms with van der Waals surface area (Å²) in [6.45, 7) is 1.21.